The van der Waals surface area contributed by atoms with Gasteiger partial charge in [-0.25, -0.2) is 0 Å². The highest BCUT2D eigenvalue weighted by Gasteiger charge is 2.41. The van der Waals surface area contributed by atoms with Gasteiger partial charge in [0, 0.05) is 24.7 Å². The van der Waals surface area contributed by atoms with Crippen LogP contribution in [0.1, 0.15) is 42.1 Å². The second-order valence-corrected chi connectivity index (χ2v) is 7.84. The molecule has 0 spiro atoms. The number of alkyl halides is 3. The highest BCUT2D eigenvalue weighted by Crippen LogP contribution is 2.46. The van der Waals surface area contributed by atoms with Crippen molar-refractivity contribution >= 4 is 38.9 Å². The van der Waals surface area contributed by atoms with Crippen molar-refractivity contribution in [3.05, 3.63) is 45.7 Å². The average molecular weight is 461 g/mol. The molecule has 0 amide bonds. The Kier molecular flexibility index (Phi) is 6.10. The molecule has 1 aliphatic carbocycles. The number of aromatic nitrogens is 2. The monoisotopic (exact) mass is 460 g/mol. The van der Waals surface area contributed by atoms with E-state index in [2.05, 4.69) is 31.7 Å². The van der Waals surface area contributed by atoms with E-state index in [1.165, 1.54) is 4.68 Å². The number of anilines is 1. The lowest BCUT2D eigenvalue weighted by molar-refractivity contribution is -0.142. The number of benzene rings is 1. The summed E-state index contributed by atoms with van der Waals surface area (Å²) < 4.78 is 40.9. The van der Waals surface area contributed by atoms with Crippen LogP contribution in [-0.4, -0.2) is 21.4 Å². The molecule has 0 unspecified atom stereocenters. The Morgan fingerprint density at radius 2 is 1.96 bits per heavy atom. The molecule has 1 heterocycles. The molecule has 0 atom stereocenters. The second-order valence-electron chi connectivity index (χ2n) is 6.64. The summed E-state index contributed by atoms with van der Waals surface area (Å²) in [5, 5.41) is 10.4. The first kappa shape index (κ1) is 20.1. The topological polar surface area (TPSA) is 41.9 Å². The van der Waals surface area contributed by atoms with Gasteiger partial charge >= 0.3 is 6.18 Å². The van der Waals surface area contributed by atoms with E-state index < -0.39 is 11.9 Å². The Labute approximate surface area is 169 Å². The molecule has 1 aromatic heterocycles. The first-order valence-corrected chi connectivity index (χ1v) is 9.90. The van der Waals surface area contributed by atoms with Crippen molar-refractivity contribution in [1.82, 2.24) is 15.1 Å². The molecule has 0 saturated heterocycles. The number of nitrogens with zero attached hydrogens (tertiary/aromatic N) is 2. The first-order chi connectivity index (χ1) is 12.8. The summed E-state index contributed by atoms with van der Waals surface area (Å²) in [5.41, 5.74) is 1.87. The summed E-state index contributed by atoms with van der Waals surface area (Å²) in [4.78, 5) is 0. The van der Waals surface area contributed by atoms with Gasteiger partial charge < -0.3 is 10.6 Å². The van der Waals surface area contributed by atoms with Crippen LogP contribution < -0.4 is 10.6 Å². The molecule has 1 fully saturated rings. The fraction of sp³-hybridized carbons (Fsp3) is 0.444. The van der Waals surface area contributed by atoms with E-state index >= 15 is 0 Å². The molecule has 3 rings (SSSR count). The third kappa shape index (κ3) is 5.22. The molecule has 146 valence electrons. The minimum atomic E-state index is -4.45. The molecule has 1 aliphatic rings. The van der Waals surface area contributed by atoms with Crippen LogP contribution >= 0.6 is 28.1 Å². The van der Waals surface area contributed by atoms with Gasteiger partial charge in [-0.05, 0) is 66.5 Å². The third-order valence-corrected chi connectivity index (χ3v) is 5.33. The normalized spacial score (nSPS) is 14.3. The van der Waals surface area contributed by atoms with Crippen LogP contribution in [0.4, 0.5) is 18.9 Å². The fourth-order valence-corrected chi connectivity index (χ4v) is 3.85. The predicted octanol–water partition coefficient (Wildman–Crippen LogP) is 5.23. The van der Waals surface area contributed by atoms with E-state index in [0.29, 0.717) is 30.3 Å². The maximum atomic E-state index is 13.1. The molecule has 4 nitrogen and oxygen atoms in total. The van der Waals surface area contributed by atoms with Gasteiger partial charge in [0.05, 0.1) is 10.2 Å². The summed E-state index contributed by atoms with van der Waals surface area (Å²) in [6.45, 7) is 2.95. The molecule has 9 heteroatoms. The Bertz CT molecular complexity index is 813. The van der Waals surface area contributed by atoms with E-state index in [9.17, 15) is 13.2 Å². The van der Waals surface area contributed by atoms with Crippen molar-refractivity contribution in [2.24, 2.45) is 0 Å². The van der Waals surface area contributed by atoms with Gasteiger partial charge in [-0.1, -0.05) is 17.7 Å². The summed E-state index contributed by atoms with van der Waals surface area (Å²) in [6.07, 6.45) is -2.03. The quantitative estimate of drug-likeness (QED) is 0.457. The molecule has 0 bridgehead atoms. The predicted molar refractivity (Wildman–Crippen MR) is 107 cm³/mol. The molecule has 1 aromatic carbocycles. The van der Waals surface area contributed by atoms with Crippen molar-refractivity contribution in [1.29, 1.82) is 0 Å². The standard InChI is InChI=1S/C18H20BrF3N4S/c1-11-3-7-13(8-4-11)24-17(27)23-9-2-10-26-15(12-5-6-12)14(19)16(25-26)18(20,21)22/h3-4,7-8,12H,2,5-6,9-10H2,1H3,(H2,23,24,27). The summed E-state index contributed by atoms with van der Waals surface area (Å²) in [7, 11) is 0. The van der Waals surface area contributed by atoms with Gasteiger partial charge in [-0.2, -0.15) is 18.3 Å². The zero-order valence-corrected chi connectivity index (χ0v) is 17.1. The molecule has 2 aromatic rings. The minimum absolute atomic E-state index is 0.0852. The van der Waals surface area contributed by atoms with Crippen LogP contribution in [0.3, 0.4) is 0 Å². The molecule has 0 aliphatic heterocycles. The average Bonchev–Trinajstić information content (AvgIpc) is 3.36. The lowest BCUT2D eigenvalue weighted by Gasteiger charge is -2.11. The number of nitrogens with one attached hydrogen (secondary N) is 2. The SMILES string of the molecule is Cc1ccc(NC(=S)NCCCn2nc(C(F)(F)F)c(Br)c2C2CC2)cc1. The molecular weight excluding hydrogens is 441 g/mol. The Balaban J connectivity index is 1.53. The van der Waals surface area contributed by atoms with Crippen LogP contribution in [0, 0.1) is 6.92 Å². The third-order valence-electron chi connectivity index (χ3n) is 4.31. The van der Waals surface area contributed by atoms with E-state index in [4.69, 9.17) is 12.2 Å². The number of hydrogen-bond donors (Lipinski definition) is 2. The molecular formula is C18H20BrF3N4S. The van der Waals surface area contributed by atoms with Crippen molar-refractivity contribution in [3.8, 4) is 0 Å². The number of rotatable bonds is 6. The van der Waals surface area contributed by atoms with E-state index in [1.54, 1.807) is 0 Å². The van der Waals surface area contributed by atoms with Gasteiger partial charge in [0.15, 0.2) is 10.8 Å². The van der Waals surface area contributed by atoms with Gasteiger partial charge in [-0.15, -0.1) is 0 Å². The van der Waals surface area contributed by atoms with Crippen LogP contribution in [0.5, 0.6) is 0 Å². The molecule has 2 N–H and O–H groups in total. The van der Waals surface area contributed by atoms with Crippen LogP contribution in [0.15, 0.2) is 28.7 Å². The highest BCUT2D eigenvalue weighted by molar-refractivity contribution is 9.10. The number of halogens is 4. The van der Waals surface area contributed by atoms with Crippen molar-refractivity contribution < 1.29 is 13.2 Å². The zero-order valence-electron chi connectivity index (χ0n) is 14.7. The smallest absolute Gasteiger partial charge is 0.362 e. The Morgan fingerprint density at radius 1 is 1.30 bits per heavy atom. The molecule has 0 radical (unpaired) electrons. The highest BCUT2D eigenvalue weighted by atomic mass is 79.9. The number of hydrogen-bond acceptors (Lipinski definition) is 2. The first-order valence-electron chi connectivity index (χ1n) is 8.70. The lowest BCUT2D eigenvalue weighted by Crippen LogP contribution is -2.29. The van der Waals surface area contributed by atoms with Crippen LogP contribution in [0.2, 0.25) is 0 Å². The number of thiocarbonyl (C=S) groups is 1. The minimum Gasteiger partial charge on any atom is -0.362 e. The summed E-state index contributed by atoms with van der Waals surface area (Å²) in [6, 6.07) is 7.84. The molecule has 1 saturated carbocycles. The van der Waals surface area contributed by atoms with Gasteiger partial charge in [0.25, 0.3) is 0 Å². The van der Waals surface area contributed by atoms with Crippen LogP contribution in [0.25, 0.3) is 0 Å². The van der Waals surface area contributed by atoms with E-state index in [0.717, 1.165) is 24.1 Å². The lowest BCUT2D eigenvalue weighted by atomic mass is 10.2. The van der Waals surface area contributed by atoms with Crippen molar-refractivity contribution in [3.63, 3.8) is 0 Å². The Morgan fingerprint density at radius 3 is 2.56 bits per heavy atom. The summed E-state index contributed by atoms with van der Waals surface area (Å²) >= 11 is 8.35. The molecule has 27 heavy (non-hydrogen) atoms. The maximum absolute atomic E-state index is 13.1. The van der Waals surface area contributed by atoms with E-state index in [-0.39, 0.29) is 10.4 Å². The maximum Gasteiger partial charge on any atom is 0.436 e. The van der Waals surface area contributed by atoms with Crippen LogP contribution in [-0.2, 0) is 12.7 Å². The van der Waals surface area contributed by atoms with Gasteiger partial charge in [0.2, 0.25) is 0 Å². The summed E-state index contributed by atoms with van der Waals surface area (Å²) in [5.74, 6) is 0.167. The van der Waals surface area contributed by atoms with Gasteiger partial charge in [-0.3, -0.25) is 4.68 Å². The Hall–Kier alpha value is -1.61. The van der Waals surface area contributed by atoms with Gasteiger partial charge in [0.1, 0.15) is 0 Å². The van der Waals surface area contributed by atoms with Crippen molar-refractivity contribution in [2.75, 3.05) is 11.9 Å². The fourth-order valence-electron chi connectivity index (χ4n) is 2.79. The van der Waals surface area contributed by atoms with Crippen molar-refractivity contribution in [2.45, 2.75) is 44.8 Å². The van der Waals surface area contributed by atoms with E-state index in [1.807, 2.05) is 31.2 Å². The largest absolute Gasteiger partial charge is 0.436 e. The second kappa shape index (κ2) is 8.18. The zero-order chi connectivity index (χ0) is 19.6. The number of aryl methyl sites for hydroxylation is 2.